The van der Waals surface area contributed by atoms with Gasteiger partial charge in [0.05, 0.1) is 11.4 Å². The van der Waals surface area contributed by atoms with Crippen LogP contribution in [0.25, 0.3) is 0 Å². The third-order valence-electron chi connectivity index (χ3n) is 9.93. The first-order chi connectivity index (χ1) is 27.1. The van der Waals surface area contributed by atoms with Crippen molar-refractivity contribution in [2.24, 2.45) is 10.8 Å². The maximum atomic E-state index is 9.81. The van der Waals surface area contributed by atoms with E-state index in [2.05, 4.69) is 105 Å². The van der Waals surface area contributed by atoms with Crippen molar-refractivity contribution in [2.75, 3.05) is 106 Å². The zero-order valence-corrected chi connectivity index (χ0v) is 35.3. The summed E-state index contributed by atoms with van der Waals surface area (Å²) >= 11 is 0. The molecule has 0 saturated carbocycles. The first kappa shape index (κ1) is 48.0. The molecular weight excluding hydrogens is 701 g/mol. The third-order valence-corrected chi connectivity index (χ3v) is 9.93. The SMILES string of the molecule is CNCCNCCNCCNC1=C(NCCCCCCNC2=C(NCCNCCNCCNC)C(=C(C#N)C#N)CC(C)(C)C2)CC(C)(C)CC1=C(C#N)C#N. The summed E-state index contributed by atoms with van der Waals surface area (Å²) in [5.74, 6) is 0. The molecule has 0 fully saturated rings. The minimum Gasteiger partial charge on any atom is -0.387 e. The molecule has 0 heterocycles. The van der Waals surface area contributed by atoms with Crippen molar-refractivity contribution in [2.45, 2.75) is 79.1 Å². The highest BCUT2D eigenvalue weighted by Gasteiger charge is 2.34. The van der Waals surface area contributed by atoms with Gasteiger partial charge in [0.15, 0.2) is 0 Å². The summed E-state index contributed by atoms with van der Waals surface area (Å²) in [4.78, 5) is 0. The maximum absolute atomic E-state index is 9.81. The van der Waals surface area contributed by atoms with E-state index >= 15 is 0 Å². The lowest BCUT2D eigenvalue weighted by Gasteiger charge is -2.36. The molecule has 2 rings (SSSR count). The number of allylic oxidation sites excluding steroid dienone is 6. The number of nitrogens with one attached hydrogen (secondary N) is 10. The average Bonchev–Trinajstić information content (AvgIpc) is 3.16. The Morgan fingerprint density at radius 1 is 0.429 bits per heavy atom. The summed E-state index contributed by atoms with van der Waals surface area (Å²) in [6, 6.07) is 8.59. The number of hydrogen-bond acceptors (Lipinski definition) is 14. The molecule has 0 aromatic carbocycles. The van der Waals surface area contributed by atoms with Gasteiger partial charge < -0.3 is 53.2 Å². The van der Waals surface area contributed by atoms with Gasteiger partial charge in [-0.25, -0.2) is 0 Å². The Morgan fingerprint density at radius 2 is 0.750 bits per heavy atom. The van der Waals surface area contributed by atoms with Crippen LogP contribution in [0.4, 0.5) is 0 Å². The molecule has 0 bridgehead atoms. The fraction of sp³-hybridized carbons (Fsp3) is 0.714. The largest absolute Gasteiger partial charge is 0.387 e. The molecule has 56 heavy (non-hydrogen) atoms. The van der Waals surface area contributed by atoms with Crippen molar-refractivity contribution in [1.82, 2.24) is 53.2 Å². The topological polar surface area (TPSA) is 215 Å². The van der Waals surface area contributed by atoms with Gasteiger partial charge in [0.1, 0.15) is 35.4 Å². The molecular formula is C42H72N14. The lowest BCUT2D eigenvalue weighted by Crippen LogP contribution is -2.37. The van der Waals surface area contributed by atoms with Crippen molar-refractivity contribution in [3.05, 3.63) is 45.1 Å². The van der Waals surface area contributed by atoms with E-state index in [0.29, 0.717) is 25.9 Å². The second-order valence-electron chi connectivity index (χ2n) is 16.2. The Labute approximate surface area is 338 Å². The molecule has 10 N–H and O–H groups in total. The van der Waals surface area contributed by atoms with Crippen molar-refractivity contribution >= 4 is 0 Å². The highest BCUT2D eigenvalue weighted by atomic mass is 15.0. The van der Waals surface area contributed by atoms with Gasteiger partial charge in [-0.1, -0.05) is 40.5 Å². The van der Waals surface area contributed by atoms with Gasteiger partial charge in [-0.05, 0) is 63.5 Å². The van der Waals surface area contributed by atoms with Crippen LogP contribution in [-0.2, 0) is 0 Å². The van der Waals surface area contributed by atoms with Gasteiger partial charge in [0.2, 0.25) is 0 Å². The summed E-state index contributed by atoms with van der Waals surface area (Å²) in [6.45, 7) is 20.6. The third kappa shape index (κ3) is 18.2. The summed E-state index contributed by atoms with van der Waals surface area (Å²) < 4.78 is 0. The Morgan fingerprint density at radius 3 is 1.07 bits per heavy atom. The van der Waals surface area contributed by atoms with E-state index in [-0.39, 0.29) is 22.0 Å². The summed E-state index contributed by atoms with van der Waals surface area (Å²) in [6.07, 6.45) is 7.17. The fourth-order valence-corrected chi connectivity index (χ4v) is 7.15. The smallest absolute Gasteiger partial charge is 0.135 e. The van der Waals surface area contributed by atoms with Gasteiger partial charge in [-0.2, -0.15) is 21.0 Å². The fourth-order valence-electron chi connectivity index (χ4n) is 7.15. The van der Waals surface area contributed by atoms with Crippen molar-refractivity contribution in [3.8, 4) is 24.3 Å². The van der Waals surface area contributed by atoms with Crippen molar-refractivity contribution in [1.29, 1.82) is 21.0 Å². The van der Waals surface area contributed by atoms with Crippen LogP contribution >= 0.6 is 0 Å². The Kier molecular flexibility index (Phi) is 23.6. The second-order valence-corrected chi connectivity index (χ2v) is 16.2. The lowest BCUT2D eigenvalue weighted by atomic mass is 9.74. The van der Waals surface area contributed by atoms with E-state index < -0.39 is 0 Å². The average molecular weight is 773 g/mol. The first-order valence-corrected chi connectivity index (χ1v) is 20.7. The Hall–Kier alpha value is -4.12. The molecule has 0 spiro atoms. The highest BCUT2D eigenvalue weighted by molar-refractivity contribution is 5.52. The van der Waals surface area contributed by atoms with Crippen LogP contribution < -0.4 is 53.2 Å². The predicted octanol–water partition coefficient (Wildman–Crippen LogP) is 2.45. The van der Waals surface area contributed by atoms with Gasteiger partial charge in [-0.3, -0.25) is 0 Å². The molecule has 0 aromatic rings. The van der Waals surface area contributed by atoms with E-state index in [9.17, 15) is 21.0 Å². The minimum atomic E-state index is -0.0723. The zero-order valence-electron chi connectivity index (χ0n) is 35.3. The van der Waals surface area contributed by atoms with Crippen molar-refractivity contribution in [3.63, 3.8) is 0 Å². The van der Waals surface area contributed by atoms with Crippen molar-refractivity contribution < 1.29 is 0 Å². The molecule has 2 aliphatic carbocycles. The van der Waals surface area contributed by atoms with Crippen LogP contribution in [0.2, 0.25) is 0 Å². The summed E-state index contributed by atoms with van der Waals surface area (Å²) in [5, 5.41) is 73.7. The number of nitriles is 4. The Bertz CT molecular complexity index is 1350. The van der Waals surface area contributed by atoms with Crippen LogP contribution in [0.5, 0.6) is 0 Å². The number of likely N-dealkylation sites (N-methyl/N-ethyl adjacent to an activating group) is 2. The van der Waals surface area contributed by atoms with E-state index in [4.69, 9.17) is 0 Å². The van der Waals surface area contributed by atoms with E-state index in [1.54, 1.807) is 0 Å². The monoisotopic (exact) mass is 773 g/mol. The number of hydrogen-bond donors (Lipinski definition) is 10. The zero-order chi connectivity index (χ0) is 41.1. The molecule has 14 nitrogen and oxygen atoms in total. The van der Waals surface area contributed by atoms with Crippen LogP contribution in [0.1, 0.15) is 79.1 Å². The maximum Gasteiger partial charge on any atom is 0.135 e. The quantitative estimate of drug-likeness (QED) is 0.0391. The summed E-state index contributed by atoms with van der Waals surface area (Å²) in [5.41, 5.74) is 5.81. The molecule has 2 aliphatic rings. The summed E-state index contributed by atoms with van der Waals surface area (Å²) in [7, 11) is 3.89. The van der Waals surface area contributed by atoms with Crippen LogP contribution in [0.15, 0.2) is 45.1 Å². The number of nitrogens with zero attached hydrogens (tertiary/aromatic N) is 4. The second kappa shape index (κ2) is 27.5. The molecule has 0 atom stereocenters. The van der Waals surface area contributed by atoms with Gasteiger partial charge in [-0.15, -0.1) is 0 Å². The van der Waals surface area contributed by atoms with Crippen LogP contribution in [0.3, 0.4) is 0 Å². The van der Waals surface area contributed by atoms with E-state index in [1.807, 2.05) is 14.1 Å². The molecule has 310 valence electrons. The van der Waals surface area contributed by atoms with Gasteiger partial charge in [0, 0.05) is 114 Å². The number of unbranched alkanes of at least 4 members (excludes halogenated alkanes) is 3. The highest BCUT2D eigenvalue weighted by Crippen LogP contribution is 2.42. The Balaban J connectivity index is 1.97. The van der Waals surface area contributed by atoms with E-state index in [0.717, 1.165) is 151 Å². The molecule has 0 unspecified atom stereocenters. The molecule has 0 saturated heterocycles. The molecule has 0 radical (unpaired) electrons. The van der Waals surface area contributed by atoms with E-state index in [1.165, 1.54) is 0 Å². The molecule has 0 aliphatic heterocycles. The molecule has 0 aromatic heterocycles. The van der Waals surface area contributed by atoms with Gasteiger partial charge >= 0.3 is 0 Å². The molecule has 0 amide bonds. The predicted molar refractivity (Wildman–Crippen MR) is 226 cm³/mol. The van der Waals surface area contributed by atoms with Crippen LogP contribution in [0, 0.1) is 56.2 Å². The lowest BCUT2D eigenvalue weighted by molar-refractivity contribution is 0.330. The van der Waals surface area contributed by atoms with Gasteiger partial charge in [0.25, 0.3) is 0 Å². The number of rotatable bonds is 29. The minimum absolute atomic E-state index is 0.0723. The normalized spacial score (nSPS) is 16.0. The standard InChI is InChI=1S/C42H72N14/c1-41(2)25-35(33(29-43)30-44)39(55-23-21-51-19-17-49-15-13-47-5)37(27-41)53-11-9-7-8-10-12-54-38-28-42(3,4)26-36(34(31-45)32-46)40(38)56-24-22-52-20-18-50-16-14-48-6/h47-56H,7-28H2,1-6H3. The molecule has 14 heteroatoms. The van der Waals surface area contributed by atoms with Crippen LogP contribution in [-0.4, -0.2) is 106 Å². The first-order valence-electron chi connectivity index (χ1n) is 20.7.